The van der Waals surface area contributed by atoms with Crippen molar-refractivity contribution in [2.24, 2.45) is 5.92 Å². The second-order valence-electron chi connectivity index (χ2n) is 9.03. The first-order valence-electron chi connectivity index (χ1n) is 11.6. The highest BCUT2D eigenvalue weighted by molar-refractivity contribution is 5.79. The molecule has 1 saturated carbocycles. The van der Waals surface area contributed by atoms with Crippen LogP contribution >= 0.6 is 0 Å². The van der Waals surface area contributed by atoms with Crippen LogP contribution in [0.2, 0.25) is 0 Å². The summed E-state index contributed by atoms with van der Waals surface area (Å²) in [5.74, 6) is -1.24. The van der Waals surface area contributed by atoms with E-state index in [1.807, 2.05) is 24.3 Å². The molecule has 2 aliphatic carbocycles. The number of benzene rings is 2. The Hall–Kier alpha value is -3.35. The second kappa shape index (κ2) is 10.1. The van der Waals surface area contributed by atoms with Crippen LogP contribution in [0.3, 0.4) is 0 Å². The van der Waals surface area contributed by atoms with Crippen molar-refractivity contribution in [1.29, 1.82) is 0 Å². The van der Waals surface area contributed by atoms with E-state index in [0.717, 1.165) is 11.1 Å². The van der Waals surface area contributed by atoms with E-state index in [4.69, 9.17) is 9.84 Å². The zero-order valence-corrected chi connectivity index (χ0v) is 18.8. The SMILES string of the molecule is C[C@H](CC(=O)NC1CCC(C(=O)O)CC1)NC(=O)OCC1c2ccccc2-c2ccccc21. The van der Waals surface area contributed by atoms with Crippen LogP contribution in [-0.2, 0) is 14.3 Å². The molecule has 7 nitrogen and oxygen atoms in total. The van der Waals surface area contributed by atoms with Crippen LogP contribution in [0.25, 0.3) is 11.1 Å². The molecule has 1 fully saturated rings. The van der Waals surface area contributed by atoms with Gasteiger partial charge in [0.05, 0.1) is 5.92 Å². The fourth-order valence-electron chi connectivity index (χ4n) is 4.94. The number of hydrogen-bond acceptors (Lipinski definition) is 4. The highest BCUT2D eigenvalue weighted by atomic mass is 16.5. The van der Waals surface area contributed by atoms with E-state index in [1.165, 1.54) is 11.1 Å². The van der Waals surface area contributed by atoms with Crippen LogP contribution in [0.5, 0.6) is 0 Å². The first kappa shape index (κ1) is 22.8. The summed E-state index contributed by atoms with van der Waals surface area (Å²) in [6, 6.07) is 15.9. The lowest BCUT2D eigenvalue weighted by Crippen LogP contribution is -2.42. The van der Waals surface area contributed by atoms with Gasteiger partial charge in [0.15, 0.2) is 0 Å². The van der Waals surface area contributed by atoms with E-state index in [1.54, 1.807) is 6.92 Å². The zero-order chi connectivity index (χ0) is 23.4. The number of rotatable bonds is 7. The van der Waals surface area contributed by atoms with E-state index < -0.39 is 12.1 Å². The molecule has 0 unspecified atom stereocenters. The van der Waals surface area contributed by atoms with Crippen molar-refractivity contribution in [1.82, 2.24) is 10.6 Å². The molecule has 0 aromatic heterocycles. The fraction of sp³-hybridized carbons (Fsp3) is 0.423. The topological polar surface area (TPSA) is 105 Å². The quantitative estimate of drug-likeness (QED) is 0.590. The molecule has 0 radical (unpaired) electrons. The number of carboxylic acids is 1. The molecule has 7 heteroatoms. The summed E-state index contributed by atoms with van der Waals surface area (Å²) >= 11 is 0. The van der Waals surface area contributed by atoms with Crippen LogP contribution in [0.4, 0.5) is 4.79 Å². The number of carbonyl (C=O) groups is 3. The number of carbonyl (C=O) groups excluding carboxylic acids is 2. The molecule has 2 amide bonds. The van der Waals surface area contributed by atoms with E-state index in [2.05, 4.69) is 34.9 Å². The summed E-state index contributed by atoms with van der Waals surface area (Å²) in [7, 11) is 0. The van der Waals surface area contributed by atoms with Gasteiger partial charge in [-0.15, -0.1) is 0 Å². The number of ether oxygens (including phenoxy) is 1. The molecule has 0 aliphatic heterocycles. The molecule has 0 saturated heterocycles. The van der Waals surface area contributed by atoms with Gasteiger partial charge in [-0.25, -0.2) is 4.79 Å². The Morgan fingerprint density at radius 1 is 0.970 bits per heavy atom. The number of carboxylic acid groups (broad SMARTS) is 1. The van der Waals surface area contributed by atoms with Crippen LogP contribution in [0, 0.1) is 5.92 Å². The minimum Gasteiger partial charge on any atom is -0.481 e. The number of alkyl carbamates (subject to hydrolysis) is 1. The molecular formula is C26H30N2O5. The third-order valence-electron chi connectivity index (χ3n) is 6.64. The molecule has 33 heavy (non-hydrogen) atoms. The highest BCUT2D eigenvalue weighted by Crippen LogP contribution is 2.44. The predicted molar refractivity (Wildman–Crippen MR) is 124 cm³/mol. The standard InChI is InChI=1S/C26H30N2O5/c1-16(14-24(29)28-18-12-10-17(11-13-18)25(30)31)27-26(32)33-15-23-21-8-4-2-6-19(21)20-7-3-5-9-22(20)23/h2-9,16-18,23H,10-15H2,1H3,(H,27,32)(H,28,29)(H,30,31)/t16-,17?,18?/m1/s1. The van der Waals surface area contributed by atoms with Crippen molar-refractivity contribution in [2.75, 3.05) is 6.61 Å². The van der Waals surface area contributed by atoms with E-state index in [-0.39, 0.29) is 42.9 Å². The van der Waals surface area contributed by atoms with Crippen LogP contribution in [-0.4, -0.2) is 41.8 Å². The van der Waals surface area contributed by atoms with E-state index in [0.29, 0.717) is 25.7 Å². The first-order valence-corrected chi connectivity index (χ1v) is 11.6. The normalized spacial score (nSPS) is 20.3. The summed E-state index contributed by atoms with van der Waals surface area (Å²) in [6.07, 6.45) is 2.08. The van der Waals surface area contributed by atoms with Gasteiger partial charge < -0.3 is 20.5 Å². The average molecular weight is 451 g/mol. The Labute approximate surface area is 193 Å². The molecule has 2 aromatic rings. The van der Waals surface area contributed by atoms with E-state index in [9.17, 15) is 14.4 Å². The maximum atomic E-state index is 12.4. The summed E-state index contributed by atoms with van der Waals surface area (Å²) in [5, 5.41) is 14.8. The Morgan fingerprint density at radius 3 is 2.12 bits per heavy atom. The molecule has 3 N–H and O–H groups in total. The van der Waals surface area contributed by atoms with Crippen LogP contribution in [0.1, 0.15) is 56.1 Å². The van der Waals surface area contributed by atoms with Gasteiger partial charge >= 0.3 is 12.1 Å². The second-order valence-corrected chi connectivity index (χ2v) is 9.03. The van der Waals surface area contributed by atoms with Gasteiger partial charge in [0.25, 0.3) is 0 Å². The number of aliphatic carboxylic acids is 1. The minimum atomic E-state index is -0.763. The molecular weight excluding hydrogens is 420 g/mol. The fourth-order valence-corrected chi connectivity index (χ4v) is 4.94. The molecule has 1 atom stereocenters. The van der Waals surface area contributed by atoms with Crippen LogP contribution < -0.4 is 10.6 Å². The largest absolute Gasteiger partial charge is 0.481 e. The lowest BCUT2D eigenvalue weighted by molar-refractivity contribution is -0.142. The molecule has 2 aromatic carbocycles. The highest BCUT2D eigenvalue weighted by Gasteiger charge is 2.30. The lowest BCUT2D eigenvalue weighted by Gasteiger charge is -2.27. The molecule has 174 valence electrons. The summed E-state index contributed by atoms with van der Waals surface area (Å²) in [4.78, 5) is 35.8. The summed E-state index contributed by atoms with van der Waals surface area (Å²) < 4.78 is 5.54. The molecule has 0 bridgehead atoms. The van der Waals surface area contributed by atoms with Gasteiger partial charge in [0, 0.05) is 24.4 Å². The Bertz CT molecular complexity index is 983. The van der Waals surface area contributed by atoms with Crippen molar-refractivity contribution < 1.29 is 24.2 Å². The lowest BCUT2D eigenvalue weighted by atomic mass is 9.86. The third-order valence-corrected chi connectivity index (χ3v) is 6.64. The Kier molecular flexibility index (Phi) is 6.96. The zero-order valence-electron chi connectivity index (χ0n) is 18.8. The maximum absolute atomic E-state index is 12.4. The van der Waals surface area contributed by atoms with Crippen LogP contribution in [0.15, 0.2) is 48.5 Å². The molecule has 2 aliphatic rings. The van der Waals surface area contributed by atoms with Gasteiger partial charge in [-0.05, 0) is 54.9 Å². The van der Waals surface area contributed by atoms with Crippen molar-refractivity contribution >= 4 is 18.0 Å². The van der Waals surface area contributed by atoms with Gasteiger partial charge in [-0.3, -0.25) is 9.59 Å². The Balaban J connectivity index is 1.23. The maximum Gasteiger partial charge on any atom is 0.407 e. The first-order chi connectivity index (χ1) is 15.9. The van der Waals surface area contributed by atoms with Crippen molar-refractivity contribution in [3.05, 3.63) is 59.7 Å². The minimum absolute atomic E-state index is 0.00486. The van der Waals surface area contributed by atoms with Crippen molar-refractivity contribution in [3.63, 3.8) is 0 Å². The third kappa shape index (κ3) is 5.35. The monoisotopic (exact) mass is 450 g/mol. The number of amides is 2. The van der Waals surface area contributed by atoms with Gasteiger partial charge in [0.2, 0.25) is 5.91 Å². The molecule has 0 heterocycles. The smallest absolute Gasteiger partial charge is 0.407 e. The van der Waals surface area contributed by atoms with Gasteiger partial charge in [-0.2, -0.15) is 0 Å². The Morgan fingerprint density at radius 2 is 1.55 bits per heavy atom. The average Bonchev–Trinajstić information content (AvgIpc) is 3.11. The van der Waals surface area contributed by atoms with Crippen molar-refractivity contribution in [2.45, 2.75) is 57.0 Å². The number of nitrogens with one attached hydrogen (secondary N) is 2. The molecule has 0 spiro atoms. The molecule has 4 rings (SSSR count). The van der Waals surface area contributed by atoms with Gasteiger partial charge in [-0.1, -0.05) is 48.5 Å². The number of fused-ring (bicyclic) bond motifs is 3. The summed E-state index contributed by atoms with van der Waals surface area (Å²) in [6.45, 7) is 1.99. The van der Waals surface area contributed by atoms with E-state index >= 15 is 0 Å². The van der Waals surface area contributed by atoms with Gasteiger partial charge in [0.1, 0.15) is 6.61 Å². The van der Waals surface area contributed by atoms with Crippen molar-refractivity contribution in [3.8, 4) is 11.1 Å². The number of hydrogen-bond donors (Lipinski definition) is 3. The summed E-state index contributed by atoms with van der Waals surface area (Å²) in [5.41, 5.74) is 4.64. The predicted octanol–water partition coefficient (Wildman–Crippen LogP) is 4.06.